The number of aromatic nitrogens is 4. The zero-order chi connectivity index (χ0) is 35.1. The monoisotopic (exact) mass is 764 g/mol. The van der Waals surface area contributed by atoms with E-state index in [9.17, 15) is 14.4 Å². The Balaban J connectivity index is 0.000000940. The summed E-state index contributed by atoms with van der Waals surface area (Å²) in [7, 11) is 2.58. The van der Waals surface area contributed by atoms with Gasteiger partial charge < -0.3 is 34.2 Å². The maximum Gasteiger partial charge on any atom is 0.410 e. The maximum atomic E-state index is 12.6. The van der Waals surface area contributed by atoms with Crippen LogP contribution >= 0.6 is 35.6 Å². The molecular weight excluding hydrogens is 711 g/mol. The molecule has 0 bridgehead atoms. The number of rotatable bonds is 6. The van der Waals surface area contributed by atoms with Gasteiger partial charge in [0.05, 0.1) is 32.7 Å². The van der Waals surface area contributed by atoms with Crippen molar-refractivity contribution >= 4 is 65.3 Å². The number of anilines is 2. The van der Waals surface area contributed by atoms with E-state index in [4.69, 9.17) is 27.9 Å². The largest absolute Gasteiger partial charge is 0.464 e. The van der Waals surface area contributed by atoms with Gasteiger partial charge in [-0.2, -0.15) is 0 Å². The number of nitrogens with zero attached hydrogens (tertiary/aromatic N) is 7. The second-order valence-corrected chi connectivity index (χ2v) is 13.1. The van der Waals surface area contributed by atoms with Crippen LogP contribution in [0.1, 0.15) is 97.1 Å². The van der Waals surface area contributed by atoms with Gasteiger partial charge in [-0.1, -0.05) is 51.9 Å². The van der Waals surface area contributed by atoms with Gasteiger partial charge in [0.2, 0.25) is 0 Å². The first-order valence-electron chi connectivity index (χ1n) is 15.6. The molecule has 14 nitrogen and oxygen atoms in total. The molecule has 0 aliphatic carbocycles. The van der Waals surface area contributed by atoms with E-state index in [0.717, 1.165) is 25.9 Å². The third-order valence-corrected chi connectivity index (χ3v) is 8.35. The molecule has 17 heteroatoms. The Morgan fingerprint density at radius 3 is 1.72 bits per heavy atom. The van der Waals surface area contributed by atoms with Crippen molar-refractivity contribution in [3.05, 3.63) is 34.1 Å². The van der Waals surface area contributed by atoms with Gasteiger partial charge in [-0.15, -0.1) is 12.4 Å². The fourth-order valence-corrected chi connectivity index (χ4v) is 5.73. The number of piperazine rings is 2. The van der Waals surface area contributed by atoms with E-state index in [2.05, 4.69) is 53.5 Å². The molecule has 4 atom stereocenters. The van der Waals surface area contributed by atoms with Gasteiger partial charge in [0.25, 0.3) is 0 Å². The van der Waals surface area contributed by atoms with Crippen LogP contribution in [0.25, 0.3) is 0 Å². The lowest BCUT2D eigenvalue weighted by Gasteiger charge is -2.45. The Labute approximate surface area is 313 Å². The summed E-state index contributed by atoms with van der Waals surface area (Å²) in [5, 5.41) is 3.83. The Morgan fingerprint density at radius 1 is 0.840 bits per heavy atom. The molecule has 284 valence electrons. The summed E-state index contributed by atoms with van der Waals surface area (Å²) in [5.41, 5.74) is -0.372. The summed E-state index contributed by atoms with van der Waals surface area (Å²) in [6.07, 6.45) is 4.23. The van der Waals surface area contributed by atoms with Gasteiger partial charge in [-0.3, -0.25) is 0 Å². The Kier molecular flexibility index (Phi) is 19.3. The number of ether oxygens (including phenoxy) is 3. The van der Waals surface area contributed by atoms with Crippen LogP contribution in [0.4, 0.5) is 16.4 Å². The van der Waals surface area contributed by atoms with Crippen LogP contribution in [0.5, 0.6) is 0 Å². The van der Waals surface area contributed by atoms with E-state index in [1.807, 2.05) is 39.5 Å². The first-order valence-corrected chi connectivity index (χ1v) is 16.4. The standard InChI is InChI=1S/C18H27ClN4O4.C13H19ClN4O2.2CH4.ClH/c1-7-12-10-22(11(2)9-23(12)17(25)27-18(3,4)5)15-14(19)21-13(8-20-15)16(24)26-6;1-4-9-7-18(8(2)5-15-9)12-11(14)17-10(6-16-12)13(19)20-3;;;/h8,11-12H,7,9-10H2,1-6H3;6,8-9,15H,4-5,7H2,1-3H3;2*1H4;1H/t11-,12+;8-,9+;;;/m11.../s1. The number of carbonyl (C=O) groups is 3. The quantitative estimate of drug-likeness (QED) is 0.258. The van der Waals surface area contributed by atoms with Crippen molar-refractivity contribution in [2.24, 2.45) is 0 Å². The van der Waals surface area contributed by atoms with Crippen molar-refractivity contribution in [3.8, 4) is 0 Å². The fourth-order valence-electron chi connectivity index (χ4n) is 5.24. The van der Waals surface area contributed by atoms with Gasteiger partial charge in [-0.25, -0.2) is 34.3 Å². The zero-order valence-corrected chi connectivity index (χ0v) is 31.3. The smallest absolute Gasteiger partial charge is 0.410 e. The maximum absolute atomic E-state index is 12.6. The van der Waals surface area contributed by atoms with E-state index in [1.54, 1.807) is 4.90 Å². The second-order valence-electron chi connectivity index (χ2n) is 12.4. The molecule has 0 saturated carbocycles. The number of esters is 2. The van der Waals surface area contributed by atoms with Crippen molar-refractivity contribution < 1.29 is 28.6 Å². The van der Waals surface area contributed by atoms with Crippen LogP contribution in [0.3, 0.4) is 0 Å². The molecule has 2 fully saturated rings. The van der Waals surface area contributed by atoms with Gasteiger partial charge >= 0.3 is 18.0 Å². The second kappa shape index (κ2) is 20.6. The van der Waals surface area contributed by atoms with Crippen LogP contribution in [0, 0.1) is 0 Å². The van der Waals surface area contributed by atoms with E-state index in [-0.39, 0.29) is 73.2 Å². The van der Waals surface area contributed by atoms with Crippen molar-refractivity contribution in [2.45, 2.75) is 106 Å². The average Bonchev–Trinajstić information content (AvgIpc) is 3.03. The molecule has 2 aromatic heterocycles. The summed E-state index contributed by atoms with van der Waals surface area (Å²) >= 11 is 12.5. The predicted molar refractivity (Wildman–Crippen MR) is 200 cm³/mol. The highest BCUT2D eigenvalue weighted by Crippen LogP contribution is 2.29. The van der Waals surface area contributed by atoms with Crippen molar-refractivity contribution in [2.75, 3.05) is 50.2 Å². The molecule has 1 N–H and O–H groups in total. The number of carbonyl (C=O) groups excluding carboxylic acids is 3. The van der Waals surface area contributed by atoms with Crippen LogP contribution in [0.15, 0.2) is 12.4 Å². The summed E-state index contributed by atoms with van der Waals surface area (Å²) in [4.78, 5) is 58.2. The molecular formula is C33H55Cl3N8O6. The normalized spacial score (nSPS) is 20.1. The molecule has 0 unspecified atom stereocenters. The minimum Gasteiger partial charge on any atom is -0.464 e. The highest BCUT2D eigenvalue weighted by Gasteiger charge is 2.37. The topological polar surface area (TPSA) is 152 Å². The number of amides is 1. The summed E-state index contributed by atoms with van der Waals surface area (Å²) in [6, 6.07) is 0.586. The lowest BCUT2D eigenvalue weighted by Crippen LogP contribution is -2.60. The third-order valence-electron chi connectivity index (χ3n) is 7.84. The number of methoxy groups -OCH3 is 2. The first-order chi connectivity index (χ1) is 22.1. The van der Waals surface area contributed by atoms with E-state index in [0.29, 0.717) is 30.8 Å². The van der Waals surface area contributed by atoms with Crippen molar-refractivity contribution in [1.29, 1.82) is 0 Å². The summed E-state index contributed by atoms with van der Waals surface area (Å²) in [5.74, 6) is -0.0261. The van der Waals surface area contributed by atoms with E-state index >= 15 is 0 Å². The zero-order valence-electron chi connectivity index (χ0n) is 29.0. The molecule has 0 aromatic carbocycles. The van der Waals surface area contributed by atoms with Gasteiger partial charge in [-0.05, 0) is 47.5 Å². The molecule has 0 radical (unpaired) electrons. The highest BCUT2D eigenvalue weighted by molar-refractivity contribution is 6.32. The molecule has 4 heterocycles. The number of hydrogen-bond donors (Lipinski definition) is 1. The average molecular weight is 766 g/mol. The number of nitrogens with one attached hydrogen (secondary N) is 1. The predicted octanol–water partition coefficient (Wildman–Crippen LogP) is 6.33. The fraction of sp³-hybridized carbons (Fsp3) is 0.667. The van der Waals surface area contributed by atoms with Crippen LogP contribution in [-0.4, -0.2) is 113 Å². The van der Waals surface area contributed by atoms with Crippen molar-refractivity contribution in [1.82, 2.24) is 30.2 Å². The van der Waals surface area contributed by atoms with Gasteiger partial charge in [0.1, 0.15) is 5.60 Å². The minimum atomic E-state index is -0.592. The van der Waals surface area contributed by atoms with E-state index in [1.165, 1.54) is 26.6 Å². The molecule has 1 amide bonds. The molecule has 4 rings (SSSR count). The lowest BCUT2D eigenvalue weighted by molar-refractivity contribution is 0.0105. The SMILES string of the molecule is C.C.CC[C@H]1CN(c2ncc(C(=O)OC)nc2Cl)[C@H](C)CN1.CC[C@H]1CN(c2ncc(C(=O)OC)nc2Cl)[C@H](C)CN1C(=O)OC(C)(C)C.Cl. The highest BCUT2D eigenvalue weighted by atomic mass is 35.5. The Bertz CT molecular complexity index is 1420. The number of hydrogen-bond acceptors (Lipinski definition) is 13. The van der Waals surface area contributed by atoms with Crippen LogP contribution < -0.4 is 15.1 Å². The lowest BCUT2D eigenvalue weighted by atomic mass is 10.1. The molecule has 2 saturated heterocycles. The van der Waals surface area contributed by atoms with Gasteiger partial charge in [0, 0.05) is 44.3 Å². The van der Waals surface area contributed by atoms with Crippen molar-refractivity contribution in [3.63, 3.8) is 0 Å². The van der Waals surface area contributed by atoms with E-state index < -0.39 is 17.5 Å². The summed E-state index contributed by atoms with van der Waals surface area (Å²) < 4.78 is 14.8. The molecule has 2 aliphatic heterocycles. The molecule has 50 heavy (non-hydrogen) atoms. The van der Waals surface area contributed by atoms with Crippen LogP contribution in [-0.2, 0) is 14.2 Å². The molecule has 2 aromatic rings. The Morgan fingerprint density at radius 2 is 1.32 bits per heavy atom. The molecule has 0 spiro atoms. The third kappa shape index (κ3) is 12.0. The minimum absolute atomic E-state index is 0. The first kappa shape index (κ1) is 46.8. The Hall–Kier alpha value is -3.20. The van der Waals surface area contributed by atoms with Crippen LogP contribution in [0.2, 0.25) is 10.3 Å². The van der Waals surface area contributed by atoms with Gasteiger partial charge in [0.15, 0.2) is 33.3 Å². The molecule has 2 aliphatic rings. The number of halogens is 3. The summed E-state index contributed by atoms with van der Waals surface area (Å²) in [6.45, 7) is 16.5.